The Morgan fingerprint density at radius 3 is 2.38 bits per heavy atom. The Bertz CT molecular complexity index is 419. The Labute approximate surface area is 87.3 Å². The van der Waals surface area contributed by atoms with E-state index in [4.69, 9.17) is 5.26 Å². The molecule has 7 heteroatoms. The molecule has 0 aliphatic heterocycles. The van der Waals surface area contributed by atoms with Crippen LogP contribution >= 0.6 is 0 Å². The molecule has 1 rings (SSSR count). The molecular weight excluding hydrogens is 231 g/mol. The summed E-state index contributed by atoms with van der Waals surface area (Å²) in [7, 11) is 0. The van der Waals surface area contributed by atoms with E-state index < -0.39 is 36.0 Å². The Hall–Kier alpha value is -1.71. The number of rotatable bonds is 2. The molecule has 0 aliphatic carbocycles. The number of alkyl halides is 5. The molecule has 0 spiro atoms. The van der Waals surface area contributed by atoms with Gasteiger partial charge in [-0.05, 0) is 11.6 Å². The third-order valence-corrected chi connectivity index (χ3v) is 1.76. The van der Waals surface area contributed by atoms with Crippen LogP contribution in [-0.4, -0.2) is 4.98 Å². The van der Waals surface area contributed by atoms with Gasteiger partial charge >= 0.3 is 6.18 Å². The zero-order chi connectivity index (χ0) is 12.3. The van der Waals surface area contributed by atoms with Gasteiger partial charge in [0.25, 0.3) is 6.43 Å². The maximum absolute atomic E-state index is 12.4. The van der Waals surface area contributed by atoms with Gasteiger partial charge in [0.2, 0.25) is 0 Å². The number of pyridine rings is 1. The van der Waals surface area contributed by atoms with Crippen LogP contribution in [0, 0.1) is 11.3 Å². The third-order valence-electron chi connectivity index (χ3n) is 1.76. The molecule has 0 saturated carbocycles. The molecule has 0 N–H and O–H groups in total. The van der Waals surface area contributed by atoms with Gasteiger partial charge < -0.3 is 0 Å². The van der Waals surface area contributed by atoms with E-state index in [9.17, 15) is 22.0 Å². The zero-order valence-corrected chi connectivity index (χ0v) is 7.72. The highest BCUT2D eigenvalue weighted by molar-refractivity contribution is 5.28. The molecule has 0 aromatic carbocycles. The third kappa shape index (κ3) is 2.66. The lowest BCUT2D eigenvalue weighted by Gasteiger charge is -2.11. The average molecular weight is 236 g/mol. The largest absolute Gasteiger partial charge is 0.433 e. The lowest BCUT2D eigenvalue weighted by atomic mass is 10.1. The van der Waals surface area contributed by atoms with Gasteiger partial charge in [0.15, 0.2) is 0 Å². The molecule has 0 atom stereocenters. The van der Waals surface area contributed by atoms with Gasteiger partial charge in [0.05, 0.1) is 12.5 Å². The minimum Gasteiger partial charge on any atom is -0.242 e. The van der Waals surface area contributed by atoms with E-state index in [1.807, 2.05) is 0 Å². The quantitative estimate of drug-likeness (QED) is 0.740. The second-order valence-electron chi connectivity index (χ2n) is 2.88. The maximum Gasteiger partial charge on any atom is 0.433 e. The van der Waals surface area contributed by atoms with Gasteiger partial charge in [-0.25, -0.2) is 13.8 Å². The van der Waals surface area contributed by atoms with Crippen LogP contribution in [0.3, 0.4) is 0 Å². The molecule has 0 fully saturated rings. The highest BCUT2D eigenvalue weighted by Crippen LogP contribution is 2.32. The monoisotopic (exact) mass is 236 g/mol. The van der Waals surface area contributed by atoms with Gasteiger partial charge in [-0.3, -0.25) is 0 Å². The summed E-state index contributed by atoms with van der Waals surface area (Å²) in [5, 5.41) is 8.30. The predicted octanol–water partition coefficient (Wildman–Crippen LogP) is 3.10. The minimum absolute atomic E-state index is 0.403. The molecule has 0 saturated heterocycles. The average Bonchev–Trinajstić information content (AvgIpc) is 2.16. The summed E-state index contributed by atoms with van der Waals surface area (Å²) >= 11 is 0. The van der Waals surface area contributed by atoms with Crippen LogP contribution in [0.4, 0.5) is 22.0 Å². The number of aromatic nitrogens is 1. The van der Waals surface area contributed by atoms with Crippen LogP contribution in [0.5, 0.6) is 0 Å². The van der Waals surface area contributed by atoms with Crippen molar-refractivity contribution in [1.82, 2.24) is 4.98 Å². The number of halogens is 5. The number of nitrogens with zero attached hydrogens (tertiary/aromatic N) is 2. The first-order valence-corrected chi connectivity index (χ1v) is 4.08. The van der Waals surface area contributed by atoms with Crippen molar-refractivity contribution in [2.24, 2.45) is 0 Å². The summed E-state index contributed by atoms with van der Waals surface area (Å²) in [6.07, 6.45) is -8.43. The van der Waals surface area contributed by atoms with E-state index in [1.54, 1.807) is 0 Å². The molecule has 2 nitrogen and oxygen atoms in total. The molecular formula is C9H5F5N2. The van der Waals surface area contributed by atoms with Crippen molar-refractivity contribution in [3.05, 3.63) is 29.1 Å². The van der Waals surface area contributed by atoms with Crippen molar-refractivity contribution in [3.8, 4) is 6.07 Å². The molecule has 1 heterocycles. The van der Waals surface area contributed by atoms with Crippen molar-refractivity contribution >= 4 is 0 Å². The number of hydrogen-bond acceptors (Lipinski definition) is 2. The summed E-state index contributed by atoms with van der Waals surface area (Å²) in [6.45, 7) is 0. The first kappa shape index (κ1) is 12.4. The predicted molar refractivity (Wildman–Crippen MR) is 43.5 cm³/mol. The number of hydrogen-bond donors (Lipinski definition) is 0. The number of nitriles is 1. The van der Waals surface area contributed by atoms with Crippen molar-refractivity contribution in [1.29, 1.82) is 5.26 Å². The van der Waals surface area contributed by atoms with E-state index in [0.717, 1.165) is 12.1 Å². The second kappa shape index (κ2) is 4.43. The van der Waals surface area contributed by atoms with Gasteiger partial charge in [-0.1, -0.05) is 6.07 Å². The van der Waals surface area contributed by atoms with Crippen molar-refractivity contribution in [2.45, 2.75) is 19.0 Å². The molecule has 86 valence electrons. The summed E-state index contributed by atoms with van der Waals surface area (Å²) < 4.78 is 61.5. The highest BCUT2D eigenvalue weighted by atomic mass is 19.4. The fourth-order valence-electron chi connectivity index (χ4n) is 1.10. The van der Waals surface area contributed by atoms with Crippen LogP contribution in [-0.2, 0) is 12.6 Å². The Morgan fingerprint density at radius 1 is 1.31 bits per heavy atom. The topological polar surface area (TPSA) is 36.7 Å². The molecule has 0 unspecified atom stereocenters. The van der Waals surface area contributed by atoms with Crippen molar-refractivity contribution in [3.63, 3.8) is 0 Å². The van der Waals surface area contributed by atoms with E-state index in [2.05, 4.69) is 4.98 Å². The lowest BCUT2D eigenvalue weighted by molar-refractivity contribution is -0.142. The summed E-state index contributed by atoms with van der Waals surface area (Å²) in [5.41, 5.74) is -2.78. The van der Waals surface area contributed by atoms with Crippen molar-refractivity contribution in [2.75, 3.05) is 0 Å². The second-order valence-corrected chi connectivity index (χ2v) is 2.88. The Morgan fingerprint density at radius 2 is 1.94 bits per heavy atom. The smallest absolute Gasteiger partial charge is 0.242 e. The summed E-state index contributed by atoms with van der Waals surface area (Å²) in [6, 6.07) is 3.15. The van der Waals surface area contributed by atoms with Crippen molar-refractivity contribution < 1.29 is 22.0 Å². The fraction of sp³-hybridized carbons (Fsp3) is 0.333. The first-order chi connectivity index (χ1) is 7.36. The van der Waals surface area contributed by atoms with Gasteiger partial charge in [-0.15, -0.1) is 0 Å². The van der Waals surface area contributed by atoms with E-state index in [1.165, 1.54) is 6.07 Å². The standard InChI is InChI=1S/C9H5F5N2/c10-8(11)6-2-1-5(3-4-15)7(16-6)9(12,13)14/h1-2,8H,3H2. The zero-order valence-electron chi connectivity index (χ0n) is 7.72. The molecule has 0 amide bonds. The molecule has 16 heavy (non-hydrogen) atoms. The Balaban J connectivity index is 3.28. The molecule has 1 aromatic rings. The maximum atomic E-state index is 12.4. The van der Waals surface area contributed by atoms with E-state index in [-0.39, 0.29) is 0 Å². The van der Waals surface area contributed by atoms with Crippen LogP contribution in [0.2, 0.25) is 0 Å². The van der Waals surface area contributed by atoms with Gasteiger partial charge in [0.1, 0.15) is 11.4 Å². The normalized spacial score (nSPS) is 11.6. The summed E-state index contributed by atoms with van der Waals surface area (Å²) in [5.74, 6) is 0. The first-order valence-electron chi connectivity index (χ1n) is 4.08. The molecule has 0 bridgehead atoms. The van der Waals surface area contributed by atoms with Crippen LogP contribution < -0.4 is 0 Å². The minimum atomic E-state index is -4.84. The molecule has 0 radical (unpaired) electrons. The fourth-order valence-corrected chi connectivity index (χ4v) is 1.10. The Kier molecular flexibility index (Phi) is 3.42. The van der Waals surface area contributed by atoms with Crippen LogP contribution in [0.1, 0.15) is 23.4 Å². The van der Waals surface area contributed by atoms with Crippen LogP contribution in [0.15, 0.2) is 12.1 Å². The summed E-state index contributed by atoms with van der Waals surface area (Å²) in [4.78, 5) is 2.84. The lowest BCUT2D eigenvalue weighted by Crippen LogP contribution is -2.13. The SMILES string of the molecule is N#CCc1ccc(C(F)F)nc1C(F)(F)F. The molecule has 1 aromatic heterocycles. The van der Waals surface area contributed by atoms with E-state index >= 15 is 0 Å². The van der Waals surface area contributed by atoms with Gasteiger partial charge in [0, 0.05) is 0 Å². The van der Waals surface area contributed by atoms with Crippen LogP contribution in [0.25, 0.3) is 0 Å². The van der Waals surface area contributed by atoms with Gasteiger partial charge in [-0.2, -0.15) is 18.4 Å². The highest BCUT2D eigenvalue weighted by Gasteiger charge is 2.36. The van der Waals surface area contributed by atoms with E-state index in [0.29, 0.717) is 0 Å². The molecule has 0 aliphatic rings.